The number of rotatable bonds is 4. The average molecular weight is 294 g/mol. The predicted octanol–water partition coefficient (Wildman–Crippen LogP) is 3.61. The van der Waals surface area contributed by atoms with Gasteiger partial charge in [-0.2, -0.15) is 0 Å². The van der Waals surface area contributed by atoms with E-state index in [0.717, 1.165) is 5.56 Å². The fourth-order valence-corrected chi connectivity index (χ4v) is 3.07. The first-order valence-corrected chi connectivity index (χ1v) is 7.77. The molecular weight excluding hydrogens is 271 g/mol. The Morgan fingerprint density at radius 1 is 1.30 bits per heavy atom. The lowest BCUT2D eigenvalue weighted by molar-refractivity contribution is 0.210. The van der Waals surface area contributed by atoms with E-state index in [2.05, 4.69) is 11.9 Å². The number of thiocarbonyl (C=S) groups is 1. The van der Waals surface area contributed by atoms with E-state index in [1.165, 1.54) is 44.6 Å². The molecule has 0 unspecified atom stereocenters. The van der Waals surface area contributed by atoms with Crippen molar-refractivity contribution in [2.75, 3.05) is 7.05 Å². The molecule has 2 rings (SSSR count). The van der Waals surface area contributed by atoms with Crippen molar-refractivity contribution in [3.63, 3.8) is 0 Å². The van der Waals surface area contributed by atoms with Crippen LogP contribution in [0.1, 0.15) is 49.7 Å². The molecule has 2 N–H and O–H groups in total. The Morgan fingerprint density at radius 2 is 1.95 bits per heavy atom. The minimum absolute atomic E-state index is 0.175. The van der Waals surface area contributed by atoms with Crippen LogP contribution in [-0.4, -0.2) is 23.0 Å². The van der Waals surface area contributed by atoms with E-state index >= 15 is 0 Å². The van der Waals surface area contributed by atoms with Crippen molar-refractivity contribution < 1.29 is 4.39 Å². The van der Waals surface area contributed by atoms with Crippen molar-refractivity contribution in [2.45, 2.75) is 51.1 Å². The zero-order valence-corrected chi connectivity index (χ0v) is 12.9. The highest BCUT2D eigenvalue weighted by molar-refractivity contribution is 7.80. The standard InChI is InChI=1S/C16H23FN2S/c1-19(14-6-4-2-3-5-7-14)11-13-10-12(16(18)20)8-9-15(13)17/h8-10,14H,2-7,11H2,1H3,(H2,18,20). The summed E-state index contributed by atoms with van der Waals surface area (Å²) in [4.78, 5) is 2.59. The molecule has 1 aromatic carbocycles. The third-order valence-electron chi connectivity index (χ3n) is 4.20. The lowest BCUT2D eigenvalue weighted by Crippen LogP contribution is -2.31. The van der Waals surface area contributed by atoms with Gasteiger partial charge in [-0.25, -0.2) is 4.39 Å². The Morgan fingerprint density at radius 3 is 2.55 bits per heavy atom. The van der Waals surface area contributed by atoms with Crippen molar-refractivity contribution >= 4 is 17.2 Å². The van der Waals surface area contributed by atoms with Gasteiger partial charge in [0.2, 0.25) is 0 Å². The van der Waals surface area contributed by atoms with Gasteiger partial charge in [0.1, 0.15) is 10.8 Å². The van der Waals surface area contributed by atoms with E-state index in [9.17, 15) is 4.39 Å². The summed E-state index contributed by atoms with van der Waals surface area (Å²) in [7, 11) is 2.09. The third-order valence-corrected chi connectivity index (χ3v) is 4.43. The number of halogens is 1. The molecule has 110 valence electrons. The van der Waals surface area contributed by atoms with Crippen LogP contribution in [0.25, 0.3) is 0 Å². The topological polar surface area (TPSA) is 29.3 Å². The summed E-state index contributed by atoms with van der Waals surface area (Å²) >= 11 is 4.96. The highest BCUT2D eigenvalue weighted by Gasteiger charge is 2.18. The second-order valence-corrected chi connectivity index (χ2v) is 6.17. The van der Waals surface area contributed by atoms with E-state index < -0.39 is 0 Å². The van der Waals surface area contributed by atoms with Crippen LogP contribution in [0.2, 0.25) is 0 Å². The van der Waals surface area contributed by atoms with Gasteiger partial charge in [-0.05, 0) is 38.1 Å². The van der Waals surface area contributed by atoms with Gasteiger partial charge in [0.25, 0.3) is 0 Å². The first-order valence-electron chi connectivity index (χ1n) is 7.36. The molecule has 0 spiro atoms. The highest BCUT2D eigenvalue weighted by Crippen LogP contribution is 2.23. The Labute approximate surface area is 126 Å². The Hall–Kier alpha value is -1.00. The summed E-state index contributed by atoms with van der Waals surface area (Å²) in [6.45, 7) is 0.618. The summed E-state index contributed by atoms with van der Waals surface area (Å²) in [5.74, 6) is -0.175. The van der Waals surface area contributed by atoms with Gasteiger partial charge in [0, 0.05) is 23.7 Å². The fourth-order valence-electron chi connectivity index (χ4n) is 2.95. The second-order valence-electron chi connectivity index (χ2n) is 5.73. The molecule has 0 bridgehead atoms. The molecule has 0 heterocycles. The minimum Gasteiger partial charge on any atom is -0.389 e. The molecule has 1 fully saturated rings. The van der Waals surface area contributed by atoms with Gasteiger partial charge in [-0.3, -0.25) is 4.90 Å². The van der Waals surface area contributed by atoms with E-state index in [4.69, 9.17) is 18.0 Å². The molecule has 0 saturated heterocycles. The highest BCUT2D eigenvalue weighted by atomic mass is 32.1. The van der Waals surface area contributed by atoms with E-state index in [1.807, 2.05) is 0 Å². The lowest BCUT2D eigenvalue weighted by atomic mass is 10.1. The summed E-state index contributed by atoms with van der Waals surface area (Å²) in [5.41, 5.74) is 7.05. The van der Waals surface area contributed by atoms with Crippen molar-refractivity contribution in [3.05, 3.63) is 35.1 Å². The molecule has 1 aliphatic carbocycles. The van der Waals surface area contributed by atoms with Gasteiger partial charge in [-0.1, -0.05) is 37.9 Å². The van der Waals surface area contributed by atoms with Crippen molar-refractivity contribution in [1.29, 1.82) is 0 Å². The van der Waals surface area contributed by atoms with Gasteiger partial charge < -0.3 is 5.73 Å². The molecule has 4 heteroatoms. The summed E-state index contributed by atoms with van der Waals surface area (Å²) in [5, 5.41) is 0. The van der Waals surface area contributed by atoms with Crippen LogP contribution in [0.3, 0.4) is 0 Å². The van der Waals surface area contributed by atoms with Crippen LogP contribution in [0.5, 0.6) is 0 Å². The Balaban J connectivity index is 2.07. The predicted molar refractivity (Wildman–Crippen MR) is 85.2 cm³/mol. The van der Waals surface area contributed by atoms with Gasteiger partial charge in [-0.15, -0.1) is 0 Å². The molecule has 1 aliphatic rings. The molecule has 0 radical (unpaired) electrons. The smallest absolute Gasteiger partial charge is 0.127 e. The van der Waals surface area contributed by atoms with Crippen LogP contribution < -0.4 is 5.73 Å². The molecule has 0 aromatic heterocycles. The lowest BCUT2D eigenvalue weighted by Gasteiger charge is -2.27. The summed E-state index contributed by atoms with van der Waals surface area (Å²) in [6.07, 6.45) is 7.65. The van der Waals surface area contributed by atoms with Crippen molar-refractivity contribution in [3.8, 4) is 0 Å². The van der Waals surface area contributed by atoms with Crippen LogP contribution in [-0.2, 0) is 6.54 Å². The molecule has 0 aliphatic heterocycles. The first-order chi connectivity index (χ1) is 9.58. The maximum Gasteiger partial charge on any atom is 0.127 e. The van der Waals surface area contributed by atoms with Crippen LogP contribution >= 0.6 is 12.2 Å². The molecule has 2 nitrogen and oxygen atoms in total. The van der Waals surface area contributed by atoms with E-state index in [0.29, 0.717) is 23.1 Å². The normalized spacial score (nSPS) is 17.1. The second kappa shape index (κ2) is 7.14. The number of benzene rings is 1. The molecular formula is C16H23FN2S. The monoisotopic (exact) mass is 294 g/mol. The third kappa shape index (κ3) is 4.00. The van der Waals surface area contributed by atoms with Crippen molar-refractivity contribution in [2.24, 2.45) is 5.73 Å². The van der Waals surface area contributed by atoms with Crippen LogP contribution in [0, 0.1) is 5.82 Å². The van der Waals surface area contributed by atoms with Crippen LogP contribution in [0.15, 0.2) is 18.2 Å². The van der Waals surface area contributed by atoms with E-state index in [1.54, 1.807) is 12.1 Å². The van der Waals surface area contributed by atoms with E-state index in [-0.39, 0.29) is 5.82 Å². The maximum absolute atomic E-state index is 13.9. The number of nitrogens with zero attached hydrogens (tertiary/aromatic N) is 1. The van der Waals surface area contributed by atoms with Crippen LogP contribution in [0.4, 0.5) is 4.39 Å². The average Bonchev–Trinajstić information content (AvgIpc) is 2.70. The molecule has 1 saturated carbocycles. The zero-order chi connectivity index (χ0) is 14.5. The molecule has 0 amide bonds. The Bertz CT molecular complexity index is 468. The SMILES string of the molecule is CN(Cc1cc(C(N)=S)ccc1F)C1CCCCCC1. The minimum atomic E-state index is -0.175. The van der Waals surface area contributed by atoms with Gasteiger partial charge >= 0.3 is 0 Å². The fraction of sp³-hybridized carbons (Fsp3) is 0.562. The quantitative estimate of drug-likeness (QED) is 0.679. The molecule has 0 atom stereocenters. The first kappa shape index (κ1) is 15.4. The number of nitrogens with two attached hydrogens (primary N) is 1. The van der Waals surface area contributed by atoms with Crippen molar-refractivity contribution in [1.82, 2.24) is 4.90 Å². The summed E-state index contributed by atoms with van der Waals surface area (Å²) in [6, 6.07) is 5.45. The maximum atomic E-state index is 13.9. The summed E-state index contributed by atoms with van der Waals surface area (Å²) < 4.78 is 13.9. The van der Waals surface area contributed by atoms with Gasteiger partial charge in [0.05, 0.1) is 0 Å². The molecule has 1 aromatic rings. The molecule has 20 heavy (non-hydrogen) atoms. The van der Waals surface area contributed by atoms with Gasteiger partial charge in [0.15, 0.2) is 0 Å². The number of hydrogen-bond acceptors (Lipinski definition) is 2. The zero-order valence-electron chi connectivity index (χ0n) is 12.1. The Kier molecular flexibility index (Phi) is 5.49. The number of hydrogen-bond donors (Lipinski definition) is 1. The largest absolute Gasteiger partial charge is 0.389 e.